The van der Waals surface area contributed by atoms with Gasteiger partial charge in [0.1, 0.15) is 4.60 Å². The van der Waals surface area contributed by atoms with Gasteiger partial charge in [0.25, 0.3) is 0 Å². The molecule has 0 aromatic carbocycles. The second kappa shape index (κ2) is 3.94. The normalized spacial score (nSPS) is 19.4. The summed E-state index contributed by atoms with van der Waals surface area (Å²) in [4.78, 5) is 9.09. The molecule has 0 N–H and O–H groups in total. The van der Waals surface area contributed by atoms with Crippen LogP contribution in [0.3, 0.4) is 0 Å². The van der Waals surface area contributed by atoms with Crippen LogP contribution in [0.1, 0.15) is 0 Å². The van der Waals surface area contributed by atoms with E-state index >= 15 is 0 Å². The Morgan fingerprint density at radius 2 is 2.08 bits per heavy atom. The van der Waals surface area contributed by atoms with Crippen molar-refractivity contribution < 1.29 is 0 Å². The molecule has 1 fully saturated rings. The third-order valence-electron chi connectivity index (χ3n) is 2.24. The van der Waals surface area contributed by atoms with Crippen molar-refractivity contribution in [3.8, 4) is 0 Å². The van der Waals surface area contributed by atoms with E-state index in [9.17, 15) is 0 Å². The number of hydrogen-bond acceptors (Lipinski definition) is 4. The molecule has 0 atom stereocenters. The highest BCUT2D eigenvalue weighted by Crippen LogP contribution is 2.24. The van der Waals surface area contributed by atoms with Crippen molar-refractivity contribution in [2.24, 2.45) is 0 Å². The van der Waals surface area contributed by atoms with E-state index < -0.39 is 0 Å². The third kappa shape index (κ3) is 2.21. The summed E-state index contributed by atoms with van der Waals surface area (Å²) in [6, 6.07) is 0. The molecule has 72 valence electrons. The van der Waals surface area contributed by atoms with Gasteiger partial charge in [-0.1, -0.05) is 0 Å². The molecule has 2 heterocycles. The van der Waals surface area contributed by atoms with Crippen molar-refractivity contribution >= 4 is 32.4 Å². The van der Waals surface area contributed by atoms with E-state index in [0.29, 0.717) is 0 Å². The van der Waals surface area contributed by atoms with Gasteiger partial charge in [0.15, 0.2) is 5.13 Å². The molecule has 0 amide bonds. The number of nitrogens with zero attached hydrogens (tertiary/aromatic N) is 3. The molecule has 1 saturated heterocycles. The first-order valence-electron chi connectivity index (χ1n) is 4.30. The average molecular weight is 262 g/mol. The van der Waals surface area contributed by atoms with Gasteiger partial charge < -0.3 is 9.80 Å². The predicted octanol–water partition coefficient (Wildman–Crippen LogP) is 1.66. The molecule has 0 aliphatic carbocycles. The van der Waals surface area contributed by atoms with Gasteiger partial charge in [0.05, 0.1) is 0 Å². The molecule has 3 nitrogen and oxygen atoms in total. The molecular formula is C8H12BrN3S. The van der Waals surface area contributed by atoms with Gasteiger partial charge in [0.2, 0.25) is 0 Å². The van der Waals surface area contributed by atoms with Crippen LogP contribution in [-0.4, -0.2) is 43.1 Å². The maximum absolute atomic E-state index is 4.40. The highest BCUT2D eigenvalue weighted by Gasteiger charge is 2.16. The lowest BCUT2D eigenvalue weighted by molar-refractivity contribution is 0.312. The fraction of sp³-hybridized carbons (Fsp3) is 0.625. The number of hydrogen-bond donors (Lipinski definition) is 0. The first-order chi connectivity index (χ1) is 6.25. The number of likely N-dealkylation sites (N-methyl/N-ethyl adjacent to an activating group) is 1. The van der Waals surface area contributed by atoms with E-state index in [0.717, 1.165) is 35.9 Å². The molecular weight excluding hydrogens is 250 g/mol. The third-order valence-corrected chi connectivity index (χ3v) is 3.85. The molecule has 1 aromatic rings. The van der Waals surface area contributed by atoms with E-state index in [1.54, 1.807) is 11.3 Å². The van der Waals surface area contributed by atoms with Crippen LogP contribution >= 0.6 is 27.3 Å². The van der Waals surface area contributed by atoms with Gasteiger partial charge in [-0.3, -0.25) is 0 Å². The molecule has 1 aliphatic heterocycles. The molecule has 0 saturated carbocycles. The monoisotopic (exact) mass is 261 g/mol. The van der Waals surface area contributed by atoms with Crippen LogP contribution in [0.25, 0.3) is 0 Å². The van der Waals surface area contributed by atoms with Gasteiger partial charge in [-0.25, -0.2) is 4.98 Å². The van der Waals surface area contributed by atoms with E-state index in [2.05, 4.69) is 37.8 Å². The van der Waals surface area contributed by atoms with Crippen LogP contribution in [0.15, 0.2) is 9.98 Å². The molecule has 5 heteroatoms. The lowest BCUT2D eigenvalue weighted by atomic mass is 10.3. The summed E-state index contributed by atoms with van der Waals surface area (Å²) in [5.74, 6) is 0. The van der Waals surface area contributed by atoms with Crippen molar-refractivity contribution in [1.82, 2.24) is 9.88 Å². The van der Waals surface area contributed by atoms with Crippen molar-refractivity contribution in [3.05, 3.63) is 9.98 Å². The summed E-state index contributed by atoms with van der Waals surface area (Å²) < 4.78 is 0.950. The Morgan fingerprint density at radius 1 is 1.38 bits per heavy atom. The van der Waals surface area contributed by atoms with Gasteiger partial charge in [0, 0.05) is 31.6 Å². The number of piperazine rings is 1. The summed E-state index contributed by atoms with van der Waals surface area (Å²) >= 11 is 5.08. The van der Waals surface area contributed by atoms with Crippen LogP contribution in [0, 0.1) is 0 Å². The van der Waals surface area contributed by atoms with Gasteiger partial charge in [-0.15, -0.1) is 11.3 Å². The zero-order chi connectivity index (χ0) is 9.26. The molecule has 13 heavy (non-hydrogen) atoms. The summed E-state index contributed by atoms with van der Waals surface area (Å²) in [7, 11) is 2.16. The van der Waals surface area contributed by atoms with Crippen LogP contribution < -0.4 is 4.90 Å². The molecule has 0 bridgehead atoms. The van der Waals surface area contributed by atoms with Crippen molar-refractivity contribution in [2.75, 3.05) is 38.1 Å². The van der Waals surface area contributed by atoms with Gasteiger partial charge in [-0.05, 0) is 23.0 Å². The zero-order valence-corrected chi connectivity index (χ0v) is 9.94. The Kier molecular flexibility index (Phi) is 2.86. The van der Waals surface area contributed by atoms with Crippen molar-refractivity contribution in [1.29, 1.82) is 0 Å². The van der Waals surface area contributed by atoms with Crippen LogP contribution in [-0.2, 0) is 0 Å². The van der Waals surface area contributed by atoms with Crippen molar-refractivity contribution in [3.63, 3.8) is 0 Å². The minimum atomic E-state index is 0.950. The number of thiazole rings is 1. The molecule has 0 radical (unpaired) electrons. The maximum Gasteiger partial charge on any atom is 0.186 e. The molecule has 0 spiro atoms. The summed E-state index contributed by atoms with van der Waals surface area (Å²) in [6.07, 6.45) is 0. The molecule has 1 aromatic heterocycles. The summed E-state index contributed by atoms with van der Waals surface area (Å²) in [5, 5.41) is 3.17. The van der Waals surface area contributed by atoms with E-state index in [1.807, 2.05) is 5.38 Å². The second-order valence-electron chi connectivity index (χ2n) is 3.24. The SMILES string of the molecule is CN1CCN(c2nc(Br)cs2)CC1. The van der Waals surface area contributed by atoms with Crippen LogP contribution in [0.4, 0.5) is 5.13 Å². The fourth-order valence-corrected chi connectivity index (χ4v) is 2.69. The number of aromatic nitrogens is 1. The van der Waals surface area contributed by atoms with E-state index in [1.165, 1.54) is 0 Å². The minimum absolute atomic E-state index is 0.950. The Labute approximate surface area is 90.5 Å². The predicted molar refractivity (Wildman–Crippen MR) is 59.5 cm³/mol. The minimum Gasteiger partial charge on any atom is -0.345 e. The Balaban J connectivity index is 2.02. The number of rotatable bonds is 1. The molecule has 1 aliphatic rings. The average Bonchev–Trinajstić information content (AvgIpc) is 2.53. The second-order valence-corrected chi connectivity index (χ2v) is 4.89. The topological polar surface area (TPSA) is 19.4 Å². The lowest BCUT2D eigenvalue weighted by Crippen LogP contribution is -2.44. The van der Waals surface area contributed by atoms with Crippen LogP contribution in [0.2, 0.25) is 0 Å². The standard InChI is InChI=1S/C8H12BrN3S/c1-11-2-4-12(5-3-11)8-10-7(9)6-13-8/h6H,2-5H2,1H3. The number of anilines is 1. The first-order valence-corrected chi connectivity index (χ1v) is 5.97. The summed E-state index contributed by atoms with van der Waals surface area (Å²) in [6.45, 7) is 4.46. The molecule has 2 rings (SSSR count). The number of halogens is 1. The smallest absolute Gasteiger partial charge is 0.186 e. The van der Waals surface area contributed by atoms with Crippen LogP contribution in [0.5, 0.6) is 0 Å². The van der Waals surface area contributed by atoms with Gasteiger partial charge >= 0.3 is 0 Å². The Bertz CT molecular complexity index is 281. The molecule has 0 unspecified atom stereocenters. The van der Waals surface area contributed by atoms with Crippen molar-refractivity contribution in [2.45, 2.75) is 0 Å². The Morgan fingerprint density at radius 3 is 2.62 bits per heavy atom. The largest absolute Gasteiger partial charge is 0.345 e. The lowest BCUT2D eigenvalue weighted by Gasteiger charge is -2.31. The quantitative estimate of drug-likeness (QED) is 0.767. The van der Waals surface area contributed by atoms with Gasteiger partial charge in [-0.2, -0.15) is 0 Å². The zero-order valence-electron chi connectivity index (χ0n) is 7.53. The highest BCUT2D eigenvalue weighted by molar-refractivity contribution is 9.10. The summed E-state index contributed by atoms with van der Waals surface area (Å²) in [5.41, 5.74) is 0. The maximum atomic E-state index is 4.40. The Hall–Kier alpha value is -0.130. The fourth-order valence-electron chi connectivity index (χ4n) is 1.39. The van der Waals surface area contributed by atoms with E-state index in [-0.39, 0.29) is 0 Å². The van der Waals surface area contributed by atoms with E-state index in [4.69, 9.17) is 0 Å². The first kappa shape index (κ1) is 9.43. The highest BCUT2D eigenvalue weighted by atomic mass is 79.9.